The zero-order chi connectivity index (χ0) is 32.7. The fourth-order valence-electron chi connectivity index (χ4n) is 4.97. The molecule has 0 aliphatic carbocycles. The monoisotopic (exact) mass is 942 g/mol. The van der Waals surface area contributed by atoms with Crippen molar-refractivity contribution in [3.8, 4) is 0 Å². The van der Waals surface area contributed by atoms with Crippen molar-refractivity contribution in [3.05, 3.63) is 67.6 Å². The summed E-state index contributed by atoms with van der Waals surface area (Å²) in [6.45, 7) is 0. The molecule has 0 amide bonds. The van der Waals surface area contributed by atoms with Crippen molar-refractivity contribution in [2.24, 2.45) is 0 Å². The van der Waals surface area contributed by atoms with Crippen molar-refractivity contribution in [1.29, 1.82) is 0 Å². The third kappa shape index (κ3) is 25.5. The minimum atomic E-state index is 0.787. The van der Waals surface area contributed by atoms with E-state index >= 15 is 0 Å². The zero-order valence-electron chi connectivity index (χ0n) is 26.5. The van der Waals surface area contributed by atoms with E-state index in [9.17, 15) is 0 Å². The van der Waals surface area contributed by atoms with Crippen LogP contribution in [-0.2, 0) is 25.7 Å². The van der Waals surface area contributed by atoms with E-state index in [1.165, 1.54) is 121 Å². The summed E-state index contributed by atoms with van der Waals surface area (Å²) < 4.78 is 2.51. The van der Waals surface area contributed by atoms with Gasteiger partial charge in [-0.25, -0.2) is 0 Å². The number of unbranched alkanes of at least 4 members (excludes halogenated alkanes) is 12. The molecule has 0 N–H and O–H groups in total. The van der Waals surface area contributed by atoms with E-state index in [0.29, 0.717) is 0 Å². The van der Waals surface area contributed by atoms with Crippen LogP contribution in [0.5, 0.6) is 0 Å². The summed E-state index contributed by atoms with van der Waals surface area (Å²) in [5, 5.41) is 0. The quantitative estimate of drug-likeness (QED) is 0.0727. The number of rotatable bonds is 24. The number of aryl methyl sites for hydroxylation is 4. The van der Waals surface area contributed by atoms with Crippen LogP contribution in [0.25, 0.3) is 0 Å². The lowest BCUT2D eigenvalue weighted by Gasteiger charge is -2.10. The van der Waals surface area contributed by atoms with E-state index in [-0.39, 0.29) is 0 Å². The van der Waals surface area contributed by atoms with Gasteiger partial charge in [0.2, 0.25) is 0 Å². The standard InChI is InChI=1S/C18H26Br2Cl2.C18H28Cl2.Br2/c19-17-14-16(10-6-2-4-8-12-22)18(20)13-15(17)9-5-1-3-7-11-21;19-15-7-3-1-5-9-17-11-13-18(14-12-17)10-6-2-4-8-16-20;1-2/h13-14H,1-12H2;11-14H,1-10,15-16H2;. The molecule has 0 nitrogen and oxygen atoms in total. The van der Waals surface area contributed by atoms with Crippen LogP contribution in [0.15, 0.2) is 45.3 Å². The van der Waals surface area contributed by atoms with Crippen molar-refractivity contribution in [1.82, 2.24) is 0 Å². The summed E-state index contributed by atoms with van der Waals surface area (Å²) in [7, 11) is 0. The van der Waals surface area contributed by atoms with Crippen molar-refractivity contribution in [3.63, 3.8) is 0 Å². The average molecular weight is 948 g/mol. The maximum atomic E-state index is 5.71. The summed E-state index contributed by atoms with van der Waals surface area (Å²) in [4.78, 5) is 0. The Balaban J connectivity index is 0.000000799. The first kappa shape index (κ1) is 45.5. The molecule has 0 bridgehead atoms. The molecule has 0 aliphatic rings. The predicted octanol–water partition coefficient (Wildman–Crippen LogP) is 16.0. The molecule has 0 unspecified atom stereocenters. The molecule has 0 saturated carbocycles. The molecule has 0 radical (unpaired) electrons. The lowest BCUT2D eigenvalue weighted by molar-refractivity contribution is 0.664. The van der Waals surface area contributed by atoms with E-state index in [0.717, 1.165) is 62.0 Å². The molecule has 254 valence electrons. The van der Waals surface area contributed by atoms with Gasteiger partial charge in [-0.05, 0) is 111 Å². The normalized spacial score (nSPS) is 10.6. The highest BCUT2D eigenvalue weighted by Crippen LogP contribution is 2.29. The molecule has 2 aromatic rings. The van der Waals surface area contributed by atoms with Gasteiger partial charge in [-0.2, -0.15) is 0 Å². The molecule has 0 aromatic heterocycles. The molecular formula is C36H54Br4Cl4. The smallest absolute Gasteiger partial charge is 0.0223 e. The van der Waals surface area contributed by atoms with Crippen molar-refractivity contribution in [2.45, 2.75) is 128 Å². The molecule has 0 fully saturated rings. The molecule has 0 aliphatic heterocycles. The fraction of sp³-hybridized carbons (Fsp3) is 0.667. The Hall–Kier alpha value is 1.52. The zero-order valence-corrected chi connectivity index (χ0v) is 35.8. The number of hydrogen-bond acceptors (Lipinski definition) is 0. The molecule has 2 aromatic carbocycles. The first-order valence-corrected chi connectivity index (χ1v) is 23.9. The van der Waals surface area contributed by atoms with Gasteiger partial charge in [-0.15, -0.1) is 46.4 Å². The Morgan fingerprint density at radius 2 is 0.614 bits per heavy atom. The SMILES string of the molecule is BrBr.ClCCCCCCc1cc(Br)c(CCCCCCCl)cc1Br.ClCCCCCCc1ccc(CCCCCCCl)cc1. The molecule has 44 heavy (non-hydrogen) atoms. The van der Waals surface area contributed by atoms with Gasteiger partial charge in [0, 0.05) is 60.7 Å². The predicted molar refractivity (Wildman–Crippen MR) is 218 cm³/mol. The van der Waals surface area contributed by atoms with Crippen LogP contribution in [0.3, 0.4) is 0 Å². The summed E-state index contributed by atoms with van der Waals surface area (Å²) in [6, 6.07) is 13.8. The van der Waals surface area contributed by atoms with E-state index in [1.807, 2.05) is 0 Å². The second-order valence-electron chi connectivity index (χ2n) is 11.3. The van der Waals surface area contributed by atoms with Crippen molar-refractivity contribution >= 4 is 107 Å². The fourth-order valence-corrected chi connectivity index (χ4v) is 6.90. The van der Waals surface area contributed by atoms with Crippen LogP contribution in [0.4, 0.5) is 0 Å². The summed E-state index contributed by atoms with van der Waals surface area (Å²) in [5.74, 6) is 3.18. The average Bonchev–Trinajstić information content (AvgIpc) is 3.04. The van der Waals surface area contributed by atoms with Crippen LogP contribution < -0.4 is 0 Å². The second kappa shape index (κ2) is 34.4. The van der Waals surface area contributed by atoms with Gasteiger partial charge in [-0.1, -0.05) is 107 Å². The maximum Gasteiger partial charge on any atom is 0.0223 e. The third-order valence-electron chi connectivity index (χ3n) is 7.60. The van der Waals surface area contributed by atoms with Crippen molar-refractivity contribution in [2.75, 3.05) is 23.5 Å². The molecule has 8 heteroatoms. The highest BCUT2D eigenvalue weighted by molar-refractivity contribution is 9.93. The summed E-state index contributed by atoms with van der Waals surface area (Å²) in [5.41, 5.74) is 5.76. The number of hydrogen-bond donors (Lipinski definition) is 0. The van der Waals surface area contributed by atoms with Gasteiger partial charge in [-0.3, -0.25) is 0 Å². The maximum absolute atomic E-state index is 5.71. The van der Waals surface area contributed by atoms with Gasteiger partial charge in [0.25, 0.3) is 0 Å². The highest BCUT2D eigenvalue weighted by atomic mass is 80.9. The minimum absolute atomic E-state index is 0.787. The Labute approximate surface area is 323 Å². The van der Waals surface area contributed by atoms with Crippen molar-refractivity contribution < 1.29 is 0 Å². The van der Waals surface area contributed by atoms with Crippen LogP contribution in [-0.4, -0.2) is 23.5 Å². The Morgan fingerprint density at radius 1 is 0.364 bits per heavy atom. The molecule has 0 saturated heterocycles. The van der Waals surface area contributed by atoms with Crippen LogP contribution in [0.1, 0.15) is 125 Å². The molecular weight excluding hydrogens is 894 g/mol. The molecule has 2 rings (SSSR count). The van der Waals surface area contributed by atoms with Crippen LogP contribution in [0.2, 0.25) is 0 Å². The van der Waals surface area contributed by atoms with Gasteiger partial charge in [0.1, 0.15) is 0 Å². The lowest BCUT2D eigenvalue weighted by Crippen LogP contribution is -1.94. The van der Waals surface area contributed by atoms with E-state index in [1.54, 1.807) is 0 Å². The van der Waals surface area contributed by atoms with Gasteiger partial charge in [0.05, 0.1) is 0 Å². The molecule has 0 atom stereocenters. The first-order chi connectivity index (χ1) is 21.5. The summed E-state index contributed by atoms with van der Waals surface area (Å²) >= 11 is 35.8. The Kier molecular flexibility index (Phi) is 35.6. The molecule has 0 spiro atoms. The highest BCUT2D eigenvalue weighted by Gasteiger charge is 2.07. The number of benzene rings is 2. The number of alkyl halides is 4. The molecule has 0 heterocycles. The van der Waals surface area contributed by atoms with E-state index in [2.05, 4.69) is 96.5 Å². The topological polar surface area (TPSA) is 0 Å². The first-order valence-electron chi connectivity index (χ1n) is 16.5. The van der Waals surface area contributed by atoms with Gasteiger partial charge < -0.3 is 0 Å². The third-order valence-corrected chi connectivity index (χ3v) is 10.1. The van der Waals surface area contributed by atoms with Gasteiger partial charge in [0.15, 0.2) is 0 Å². The van der Waals surface area contributed by atoms with Gasteiger partial charge >= 0.3 is 0 Å². The van der Waals surface area contributed by atoms with E-state index < -0.39 is 0 Å². The number of halogens is 8. The summed E-state index contributed by atoms with van der Waals surface area (Å²) in [6.07, 6.45) is 24.5. The van der Waals surface area contributed by atoms with Crippen LogP contribution >= 0.6 is 107 Å². The second-order valence-corrected chi connectivity index (χ2v) is 14.5. The Morgan fingerprint density at radius 3 is 0.886 bits per heavy atom. The largest absolute Gasteiger partial charge is 0.127 e. The van der Waals surface area contributed by atoms with E-state index in [4.69, 9.17) is 46.4 Å². The lowest BCUT2D eigenvalue weighted by atomic mass is 10.0. The van der Waals surface area contributed by atoms with Crippen LogP contribution in [0, 0.1) is 0 Å². The minimum Gasteiger partial charge on any atom is -0.127 e. The Bertz CT molecular complexity index is 824.